The molecule has 1 aromatic carbocycles. The fourth-order valence-electron chi connectivity index (χ4n) is 5.00. The summed E-state index contributed by atoms with van der Waals surface area (Å²) in [5, 5.41) is 0. The first-order valence-corrected chi connectivity index (χ1v) is 11.6. The summed E-state index contributed by atoms with van der Waals surface area (Å²) in [4.78, 5) is 17.7. The summed E-state index contributed by atoms with van der Waals surface area (Å²) in [7, 11) is 0. The van der Waals surface area contributed by atoms with Gasteiger partial charge in [-0.2, -0.15) is 0 Å². The van der Waals surface area contributed by atoms with Crippen LogP contribution in [0.5, 0.6) is 0 Å². The molecular weight excluding hydrogens is 383 g/mol. The molecule has 3 aliphatic rings. The van der Waals surface area contributed by atoms with E-state index in [0.29, 0.717) is 31.6 Å². The monoisotopic (exact) mass is 418 g/mol. The van der Waals surface area contributed by atoms with Crippen molar-refractivity contribution in [2.45, 2.75) is 51.2 Å². The van der Waals surface area contributed by atoms with E-state index in [1.807, 2.05) is 12.1 Å². The van der Waals surface area contributed by atoms with Crippen LogP contribution in [0.25, 0.3) is 0 Å². The number of hydrogen-bond donors (Lipinski definition) is 0. The lowest BCUT2D eigenvalue weighted by molar-refractivity contribution is -0.141. The van der Waals surface area contributed by atoms with E-state index in [1.54, 1.807) is 6.07 Å². The molecular formula is C24H35FN2O3. The second-order valence-electron chi connectivity index (χ2n) is 9.08. The summed E-state index contributed by atoms with van der Waals surface area (Å²) in [6, 6.07) is 7.05. The van der Waals surface area contributed by atoms with Crippen LogP contribution in [0.15, 0.2) is 24.3 Å². The maximum Gasteiger partial charge on any atom is 0.225 e. The molecule has 0 spiro atoms. The van der Waals surface area contributed by atoms with Gasteiger partial charge in [0.05, 0.1) is 6.10 Å². The number of carbonyl (C=O) groups excluding carboxylic acids is 1. The molecule has 0 bridgehead atoms. The first-order chi connectivity index (χ1) is 14.7. The van der Waals surface area contributed by atoms with Gasteiger partial charge in [-0.3, -0.25) is 9.69 Å². The van der Waals surface area contributed by atoms with E-state index in [-0.39, 0.29) is 17.8 Å². The third kappa shape index (κ3) is 5.80. The lowest BCUT2D eigenvalue weighted by Crippen LogP contribution is -2.46. The van der Waals surface area contributed by atoms with Gasteiger partial charge in [-0.25, -0.2) is 4.39 Å². The second kappa shape index (κ2) is 10.7. The molecule has 1 atom stereocenters. The topological polar surface area (TPSA) is 42.0 Å². The smallest absolute Gasteiger partial charge is 0.225 e. The number of likely N-dealkylation sites (tertiary alicyclic amines) is 1. The van der Waals surface area contributed by atoms with E-state index in [0.717, 1.165) is 76.9 Å². The lowest BCUT2D eigenvalue weighted by atomic mass is 9.93. The quantitative estimate of drug-likeness (QED) is 0.680. The van der Waals surface area contributed by atoms with Gasteiger partial charge in [0.1, 0.15) is 5.82 Å². The molecule has 30 heavy (non-hydrogen) atoms. The summed E-state index contributed by atoms with van der Waals surface area (Å²) in [5.74, 6) is 0.778. The van der Waals surface area contributed by atoms with Crippen LogP contribution >= 0.6 is 0 Å². The number of hydrogen-bond acceptors (Lipinski definition) is 4. The van der Waals surface area contributed by atoms with Gasteiger partial charge in [-0.1, -0.05) is 18.2 Å². The van der Waals surface area contributed by atoms with Gasteiger partial charge < -0.3 is 14.4 Å². The fraction of sp³-hybridized carbons (Fsp3) is 0.708. The van der Waals surface area contributed by atoms with Crippen LogP contribution in [-0.2, 0) is 20.8 Å². The average Bonchev–Trinajstić information content (AvgIpc) is 3.29. The molecule has 1 amide bonds. The van der Waals surface area contributed by atoms with Crippen LogP contribution in [0.2, 0.25) is 0 Å². The molecule has 0 radical (unpaired) electrons. The summed E-state index contributed by atoms with van der Waals surface area (Å²) in [6.45, 7) is 6.33. The highest BCUT2D eigenvalue weighted by atomic mass is 19.1. The predicted molar refractivity (Wildman–Crippen MR) is 113 cm³/mol. The third-order valence-electron chi connectivity index (χ3n) is 6.87. The zero-order valence-corrected chi connectivity index (χ0v) is 17.9. The van der Waals surface area contributed by atoms with Crippen molar-refractivity contribution in [2.24, 2.45) is 11.8 Å². The lowest BCUT2D eigenvalue weighted by Gasteiger charge is -2.37. The normalized spacial score (nSPS) is 24.2. The van der Waals surface area contributed by atoms with Crippen LogP contribution in [0.1, 0.15) is 44.1 Å². The number of halogens is 1. The van der Waals surface area contributed by atoms with Crippen LogP contribution in [-0.4, -0.2) is 67.8 Å². The largest absolute Gasteiger partial charge is 0.381 e. The molecule has 0 saturated carbocycles. The van der Waals surface area contributed by atoms with Crippen molar-refractivity contribution in [3.63, 3.8) is 0 Å². The van der Waals surface area contributed by atoms with E-state index < -0.39 is 0 Å². The Morgan fingerprint density at radius 1 is 1.03 bits per heavy atom. The number of carbonyl (C=O) groups is 1. The van der Waals surface area contributed by atoms with Crippen molar-refractivity contribution >= 4 is 5.91 Å². The SMILES string of the molecule is O=C(C1CCOCC1)N(CC1CCN(Cc2ccccc2F)CC1)CC1CCCO1. The van der Waals surface area contributed by atoms with Gasteiger partial charge in [0, 0.05) is 50.9 Å². The molecule has 3 heterocycles. The Labute approximate surface area is 179 Å². The van der Waals surface area contributed by atoms with Gasteiger partial charge >= 0.3 is 0 Å². The highest BCUT2D eigenvalue weighted by Crippen LogP contribution is 2.25. The molecule has 0 aliphatic carbocycles. The average molecular weight is 419 g/mol. The van der Waals surface area contributed by atoms with Crippen LogP contribution in [0, 0.1) is 17.7 Å². The second-order valence-corrected chi connectivity index (χ2v) is 9.08. The standard InChI is InChI=1S/C24H35FN2O3/c25-23-6-2-1-4-21(23)17-26-11-7-19(8-12-26)16-27(18-22-5-3-13-30-22)24(28)20-9-14-29-15-10-20/h1-2,4,6,19-20,22H,3,5,7-18H2. The number of piperidine rings is 1. The molecule has 0 N–H and O–H groups in total. The molecule has 6 heteroatoms. The van der Waals surface area contributed by atoms with Gasteiger partial charge in [0.2, 0.25) is 5.91 Å². The van der Waals surface area contributed by atoms with E-state index in [1.165, 1.54) is 6.07 Å². The van der Waals surface area contributed by atoms with Crippen molar-refractivity contribution in [3.8, 4) is 0 Å². The predicted octanol–water partition coefficient (Wildman–Crippen LogP) is 3.47. The molecule has 166 valence electrons. The minimum Gasteiger partial charge on any atom is -0.381 e. The maximum atomic E-state index is 14.0. The van der Waals surface area contributed by atoms with Gasteiger partial charge in [0.25, 0.3) is 0 Å². The van der Waals surface area contributed by atoms with Crippen molar-refractivity contribution in [1.29, 1.82) is 0 Å². The Balaban J connectivity index is 1.31. The van der Waals surface area contributed by atoms with E-state index >= 15 is 0 Å². The number of benzene rings is 1. The Bertz CT molecular complexity index is 681. The highest BCUT2D eigenvalue weighted by molar-refractivity contribution is 5.79. The van der Waals surface area contributed by atoms with Crippen molar-refractivity contribution in [2.75, 3.05) is 46.0 Å². The highest BCUT2D eigenvalue weighted by Gasteiger charge is 2.31. The summed E-state index contributed by atoms with van der Waals surface area (Å²) in [6.07, 6.45) is 6.12. The molecule has 5 nitrogen and oxygen atoms in total. The Morgan fingerprint density at radius 3 is 2.50 bits per heavy atom. The van der Waals surface area contributed by atoms with Crippen molar-refractivity contribution in [1.82, 2.24) is 9.80 Å². The maximum absolute atomic E-state index is 14.0. The molecule has 4 rings (SSSR count). The Morgan fingerprint density at radius 2 is 1.80 bits per heavy atom. The fourth-order valence-corrected chi connectivity index (χ4v) is 5.00. The van der Waals surface area contributed by atoms with Gasteiger partial charge in [0.15, 0.2) is 0 Å². The molecule has 3 saturated heterocycles. The number of ether oxygens (including phenoxy) is 2. The summed E-state index contributed by atoms with van der Waals surface area (Å²) < 4.78 is 25.3. The molecule has 0 aromatic heterocycles. The summed E-state index contributed by atoms with van der Waals surface area (Å²) >= 11 is 0. The Kier molecular flexibility index (Phi) is 7.74. The number of amides is 1. The van der Waals surface area contributed by atoms with E-state index in [9.17, 15) is 9.18 Å². The van der Waals surface area contributed by atoms with Gasteiger partial charge in [-0.15, -0.1) is 0 Å². The van der Waals surface area contributed by atoms with Crippen molar-refractivity contribution in [3.05, 3.63) is 35.6 Å². The molecule has 3 fully saturated rings. The number of rotatable bonds is 7. The third-order valence-corrected chi connectivity index (χ3v) is 6.87. The van der Waals surface area contributed by atoms with Crippen LogP contribution in [0.4, 0.5) is 4.39 Å². The molecule has 3 aliphatic heterocycles. The zero-order valence-electron chi connectivity index (χ0n) is 17.9. The van der Waals surface area contributed by atoms with E-state index in [2.05, 4.69) is 9.80 Å². The van der Waals surface area contributed by atoms with Crippen LogP contribution < -0.4 is 0 Å². The first kappa shape index (κ1) is 21.7. The van der Waals surface area contributed by atoms with E-state index in [4.69, 9.17) is 9.47 Å². The summed E-state index contributed by atoms with van der Waals surface area (Å²) in [5.41, 5.74) is 0.769. The Hall–Kier alpha value is -1.50. The van der Waals surface area contributed by atoms with Gasteiger partial charge in [-0.05, 0) is 63.6 Å². The zero-order chi connectivity index (χ0) is 20.8. The molecule has 1 unspecified atom stereocenters. The van der Waals surface area contributed by atoms with Crippen molar-refractivity contribution < 1.29 is 18.7 Å². The molecule has 1 aromatic rings. The van der Waals surface area contributed by atoms with Crippen LogP contribution in [0.3, 0.4) is 0 Å². The minimum absolute atomic E-state index is 0.0984. The first-order valence-electron chi connectivity index (χ1n) is 11.6. The number of nitrogens with zero attached hydrogens (tertiary/aromatic N) is 2. The minimum atomic E-state index is -0.121.